The van der Waals surface area contributed by atoms with Crippen LogP contribution >= 0.6 is 15.9 Å². The van der Waals surface area contributed by atoms with E-state index in [2.05, 4.69) is 41.7 Å². The summed E-state index contributed by atoms with van der Waals surface area (Å²) in [6, 6.07) is 6.63. The highest BCUT2D eigenvalue weighted by Crippen LogP contribution is 2.22. The Morgan fingerprint density at radius 1 is 1.31 bits per heavy atom. The molecule has 0 atom stereocenters. The van der Waals surface area contributed by atoms with E-state index >= 15 is 0 Å². The van der Waals surface area contributed by atoms with E-state index in [1.807, 2.05) is 18.2 Å². The third-order valence-corrected chi connectivity index (χ3v) is 3.83. The molecule has 0 heterocycles. The maximum atomic E-state index is 5.80. The smallest absolute Gasteiger partial charge is 0.0318 e. The van der Waals surface area contributed by atoms with Crippen molar-refractivity contribution in [2.24, 2.45) is 0 Å². The Hall–Kier alpha value is -0.540. The predicted octanol–water partition coefficient (Wildman–Crippen LogP) is 3.65. The fraction of sp³-hybridized carbons (Fsp3) is 0.538. The number of rotatable bonds is 5. The van der Waals surface area contributed by atoms with Crippen molar-refractivity contribution in [3.05, 3.63) is 28.2 Å². The van der Waals surface area contributed by atoms with Gasteiger partial charge in [-0.1, -0.05) is 29.8 Å². The maximum Gasteiger partial charge on any atom is 0.0318 e. The Kier molecular flexibility index (Phi) is 5.29. The largest absolute Gasteiger partial charge is 0.399 e. The molecule has 2 N–H and O–H groups in total. The Morgan fingerprint density at radius 3 is 2.50 bits per heavy atom. The molecule has 0 spiro atoms. The lowest BCUT2D eigenvalue weighted by molar-refractivity contribution is 0.221. The maximum absolute atomic E-state index is 5.80. The Labute approximate surface area is 107 Å². The minimum absolute atomic E-state index is 0.647. The van der Waals surface area contributed by atoms with E-state index in [0.717, 1.165) is 16.7 Å². The Bertz CT molecular complexity index is 335. The first-order valence-electron chi connectivity index (χ1n) is 5.82. The molecule has 1 rings (SSSR count). The third-order valence-electron chi connectivity index (χ3n) is 3.06. The van der Waals surface area contributed by atoms with Crippen LogP contribution in [0.2, 0.25) is 0 Å². The molecule has 90 valence electrons. The lowest BCUT2D eigenvalue weighted by atomic mass is 10.1. The second-order valence-electron chi connectivity index (χ2n) is 4.24. The number of halogens is 1. The molecule has 0 saturated carbocycles. The molecule has 1 aromatic rings. The molecule has 1 aromatic carbocycles. The Balaban J connectivity index is 2.75. The molecule has 3 heteroatoms. The van der Waals surface area contributed by atoms with Gasteiger partial charge >= 0.3 is 0 Å². The van der Waals surface area contributed by atoms with E-state index in [9.17, 15) is 0 Å². The van der Waals surface area contributed by atoms with Gasteiger partial charge in [0.15, 0.2) is 0 Å². The van der Waals surface area contributed by atoms with E-state index in [-0.39, 0.29) is 0 Å². The van der Waals surface area contributed by atoms with Crippen LogP contribution in [0.4, 0.5) is 5.69 Å². The van der Waals surface area contributed by atoms with Gasteiger partial charge < -0.3 is 5.73 Å². The molecule has 16 heavy (non-hydrogen) atoms. The van der Waals surface area contributed by atoms with Crippen LogP contribution in [0.25, 0.3) is 0 Å². The molecule has 0 fully saturated rings. The summed E-state index contributed by atoms with van der Waals surface area (Å²) < 4.78 is 1.14. The number of nitrogen functional groups attached to an aromatic ring is 1. The van der Waals surface area contributed by atoms with Crippen molar-refractivity contribution in [3.63, 3.8) is 0 Å². The molecule has 0 aliphatic carbocycles. The molecule has 0 aliphatic heterocycles. The summed E-state index contributed by atoms with van der Waals surface area (Å²) in [5.74, 6) is 0. The summed E-state index contributed by atoms with van der Waals surface area (Å²) >= 11 is 3.57. The van der Waals surface area contributed by atoms with E-state index < -0.39 is 0 Å². The van der Waals surface area contributed by atoms with Crippen molar-refractivity contribution < 1.29 is 0 Å². The molecule has 0 bridgehead atoms. The normalized spacial score (nSPS) is 11.4. The molecule has 0 unspecified atom stereocenters. The number of benzene rings is 1. The van der Waals surface area contributed by atoms with Crippen LogP contribution in [-0.2, 0) is 6.54 Å². The fourth-order valence-corrected chi connectivity index (χ4v) is 2.40. The third kappa shape index (κ3) is 3.49. The van der Waals surface area contributed by atoms with Gasteiger partial charge in [0.1, 0.15) is 0 Å². The molecular weight excluding hydrogens is 264 g/mol. The number of nitrogens with zero attached hydrogens (tertiary/aromatic N) is 1. The van der Waals surface area contributed by atoms with Gasteiger partial charge in [-0.2, -0.15) is 0 Å². The second-order valence-corrected chi connectivity index (χ2v) is 5.09. The van der Waals surface area contributed by atoms with Gasteiger partial charge in [0.05, 0.1) is 0 Å². The summed E-state index contributed by atoms with van der Waals surface area (Å²) in [4.78, 5) is 2.39. The lowest BCUT2D eigenvalue weighted by Crippen LogP contribution is -2.30. The van der Waals surface area contributed by atoms with Crippen LogP contribution in [0.1, 0.15) is 32.3 Å². The van der Waals surface area contributed by atoms with Crippen LogP contribution in [0, 0.1) is 0 Å². The van der Waals surface area contributed by atoms with Gasteiger partial charge in [0, 0.05) is 22.7 Å². The summed E-state index contributed by atoms with van der Waals surface area (Å²) in [5, 5.41) is 0. The lowest BCUT2D eigenvalue weighted by Gasteiger charge is -2.26. The quantitative estimate of drug-likeness (QED) is 0.837. The van der Waals surface area contributed by atoms with Gasteiger partial charge in [-0.05, 0) is 43.7 Å². The minimum atomic E-state index is 0.647. The van der Waals surface area contributed by atoms with Crippen molar-refractivity contribution in [2.75, 3.05) is 12.8 Å². The molecule has 0 radical (unpaired) electrons. The van der Waals surface area contributed by atoms with E-state index in [1.165, 1.54) is 18.4 Å². The SMILES string of the molecule is CCC(CC)N(C)Cc1cc(N)ccc1Br. The number of anilines is 1. The zero-order valence-electron chi connectivity index (χ0n) is 10.3. The summed E-state index contributed by atoms with van der Waals surface area (Å²) in [6.45, 7) is 5.41. The standard InChI is InChI=1S/C13H21BrN2/c1-4-12(5-2)16(3)9-10-8-11(15)6-7-13(10)14/h6-8,12H,4-5,9,15H2,1-3H3. The number of hydrogen-bond acceptors (Lipinski definition) is 2. The number of nitrogens with two attached hydrogens (primary N) is 1. The van der Waals surface area contributed by atoms with Crippen molar-refractivity contribution >= 4 is 21.6 Å². The predicted molar refractivity (Wildman–Crippen MR) is 74.4 cm³/mol. The van der Waals surface area contributed by atoms with Gasteiger partial charge in [0.25, 0.3) is 0 Å². The minimum Gasteiger partial charge on any atom is -0.399 e. The molecule has 0 aliphatic rings. The summed E-state index contributed by atoms with van der Waals surface area (Å²) in [5.41, 5.74) is 7.89. The molecule has 0 aromatic heterocycles. The van der Waals surface area contributed by atoms with Gasteiger partial charge in [0.2, 0.25) is 0 Å². The number of hydrogen-bond donors (Lipinski definition) is 1. The van der Waals surface area contributed by atoms with E-state index in [4.69, 9.17) is 5.73 Å². The Morgan fingerprint density at radius 2 is 1.94 bits per heavy atom. The van der Waals surface area contributed by atoms with Gasteiger partial charge in [-0.3, -0.25) is 4.90 Å². The highest BCUT2D eigenvalue weighted by atomic mass is 79.9. The first kappa shape index (κ1) is 13.5. The average molecular weight is 285 g/mol. The van der Waals surface area contributed by atoms with Crippen molar-refractivity contribution in [1.29, 1.82) is 0 Å². The van der Waals surface area contributed by atoms with Crippen molar-refractivity contribution in [1.82, 2.24) is 4.90 Å². The van der Waals surface area contributed by atoms with Crippen molar-refractivity contribution in [3.8, 4) is 0 Å². The first-order valence-corrected chi connectivity index (χ1v) is 6.61. The molecule has 0 saturated heterocycles. The van der Waals surface area contributed by atoms with Gasteiger partial charge in [-0.25, -0.2) is 0 Å². The first-order chi connectivity index (χ1) is 7.58. The average Bonchev–Trinajstić information content (AvgIpc) is 2.25. The van der Waals surface area contributed by atoms with Crippen LogP contribution in [0.3, 0.4) is 0 Å². The molecule has 0 amide bonds. The second kappa shape index (κ2) is 6.26. The van der Waals surface area contributed by atoms with Crippen LogP contribution < -0.4 is 5.73 Å². The zero-order valence-corrected chi connectivity index (χ0v) is 11.9. The molecular formula is C13H21BrN2. The van der Waals surface area contributed by atoms with E-state index in [1.54, 1.807) is 0 Å². The topological polar surface area (TPSA) is 29.3 Å². The summed E-state index contributed by atoms with van der Waals surface area (Å²) in [7, 11) is 2.17. The highest BCUT2D eigenvalue weighted by Gasteiger charge is 2.12. The van der Waals surface area contributed by atoms with E-state index in [0.29, 0.717) is 6.04 Å². The molecule has 2 nitrogen and oxygen atoms in total. The zero-order chi connectivity index (χ0) is 12.1. The van der Waals surface area contributed by atoms with Crippen LogP contribution in [0.5, 0.6) is 0 Å². The van der Waals surface area contributed by atoms with Crippen molar-refractivity contribution in [2.45, 2.75) is 39.3 Å². The highest BCUT2D eigenvalue weighted by molar-refractivity contribution is 9.10. The van der Waals surface area contributed by atoms with Gasteiger partial charge in [-0.15, -0.1) is 0 Å². The van der Waals surface area contributed by atoms with Crippen LogP contribution in [0.15, 0.2) is 22.7 Å². The summed E-state index contributed by atoms with van der Waals surface area (Å²) in [6.07, 6.45) is 2.37. The fourth-order valence-electron chi connectivity index (χ4n) is 2.03. The van der Waals surface area contributed by atoms with Crippen LogP contribution in [-0.4, -0.2) is 18.0 Å². The monoisotopic (exact) mass is 284 g/mol.